The van der Waals surface area contributed by atoms with Gasteiger partial charge in [-0.1, -0.05) is 90.8 Å². The summed E-state index contributed by atoms with van der Waals surface area (Å²) in [6.45, 7) is 2.60. The highest BCUT2D eigenvalue weighted by molar-refractivity contribution is 6.40. The summed E-state index contributed by atoms with van der Waals surface area (Å²) in [6.07, 6.45) is 0.300. The number of ether oxygens (including phenoxy) is 2. The largest absolute Gasteiger partial charge is 0.392 e. The number of rotatable bonds is 7. The lowest BCUT2D eigenvalue weighted by molar-refractivity contribution is -0.276. The normalized spacial score (nSPS) is 22.3. The molecule has 1 aromatic heterocycles. The van der Waals surface area contributed by atoms with Crippen LogP contribution < -0.4 is 0 Å². The first-order chi connectivity index (χ1) is 19.8. The summed E-state index contributed by atoms with van der Waals surface area (Å²) >= 11 is 12.4. The average Bonchev–Trinajstić information content (AvgIpc) is 3.44. The van der Waals surface area contributed by atoms with Gasteiger partial charge in [-0.2, -0.15) is 0 Å². The number of imide groups is 1. The van der Waals surface area contributed by atoms with Crippen LogP contribution in [0.15, 0.2) is 79.1 Å². The van der Waals surface area contributed by atoms with Crippen LogP contribution in [0.3, 0.4) is 0 Å². The molecule has 0 unspecified atom stereocenters. The molecule has 0 saturated carbocycles. The molecule has 10 heteroatoms. The minimum Gasteiger partial charge on any atom is -0.392 e. The van der Waals surface area contributed by atoms with Crippen LogP contribution in [0.1, 0.15) is 62.3 Å². The Balaban J connectivity index is 1.24. The molecule has 6 rings (SSSR count). The second-order valence-electron chi connectivity index (χ2n) is 10.3. The average molecular weight is 592 g/mol. The Kier molecular flexibility index (Phi) is 7.68. The zero-order valence-electron chi connectivity index (χ0n) is 22.1. The van der Waals surface area contributed by atoms with Crippen molar-refractivity contribution in [1.82, 2.24) is 14.5 Å². The third kappa shape index (κ3) is 5.29. The SMILES string of the molecule is C[C@@H]1[C@H](Cn2cnc(Cl)c2Cl)O[C@H](c2ccc(CN3C(=O)c4ccccc4C3=O)cc2)O[C@@H]1c1ccc(CO)cc1. The number of hydrogen-bond donors (Lipinski definition) is 1. The van der Waals surface area contributed by atoms with Gasteiger partial charge in [0.15, 0.2) is 11.4 Å². The van der Waals surface area contributed by atoms with Crippen LogP contribution >= 0.6 is 23.2 Å². The number of nitrogens with zero attached hydrogens (tertiary/aromatic N) is 3. The molecule has 0 spiro atoms. The van der Waals surface area contributed by atoms with Crippen LogP contribution in [0.25, 0.3) is 0 Å². The van der Waals surface area contributed by atoms with Crippen molar-refractivity contribution in [2.45, 2.75) is 45.1 Å². The fourth-order valence-corrected chi connectivity index (χ4v) is 5.65. The Hall–Kier alpha value is -3.53. The maximum Gasteiger partial charge on any atom is 0.261 e. The van der Waals surface area contributed by atoms with Gasteiger partial charge in [-0.05, 0) is 28.8 Å². The summed E-state index contributed by atoms with van der Waals surface area (Å²) in [5, 5.41) is 10.0. The standard InChI is InChI=1S/C31H27Cl2N3O5/c1-18-25(15-35-17-34-27(32)28(35)33)40-31(41-26(18)21-10-8-20(16-37)9-11-21)22-12-6-19(7-13-22)14-36-29(38)23-4-2-3-5-24(23)30(36)39/h2-13,17-18,25-26,31,37H,14-16H2,1H3/t18-,25+,26+,31+/m1/s1. The van der Waals surface area contributed by atoms with Crippen molar-refractivity contribution in [1.29, 1.82) is 0 Å². The van der Waals surface area contributed by atoms with Crippen molar-refractivity contribution in [3.05, 3.63) is 123 Å². The van der Waals surface area contributed by atoms with E-state index in [1.807, 2.05) is 48.5 Å². The Bertz CT molecular complexity index is 1550. The molecule has 0 bridgehead atoms. The van der Waals surface area contributed by atoms with Gasteiger partial charge < -0.3 is 19.1 Å². The number of hydrogen-bond acceptors (Lipinski definition) is 6. The molecule has 0 aliphatic carbocycles. The van der Waals surface area contributed by atoms with Crippen LogP contribution in [0.4, 0.5) is 0 Å². The first kappa shape index (κ1) is 27.6. The number of amides is 2. The predicted octanol–water partition coefficient (Wildman–Crippen LogP) is 5.97. The monoisotopic (exact) mass is 591 g/mol. The predicted molar refractivity (Wildman–Crippen MR) is 152 cm³/mol. The van der Waals surface area contributed by atoms with E-state index in [1.165, 1.54) is 4.90 Å². The fraction of sp³-hybridized carbons (Fsp3) is 0.258. The molecular weight excluding hydrogens is 565 g/mol. The molecule has 3 aromatic carbocycles. The van der Waals surface area contributed by atoms with Crippen molar-refractivity contribution >= 4 is 35.0 Å². The van der Waals surface area contributed by atoms with E-state index < -0.39 is 6.29 Å². The topological polar surface area (TPSA) is 93.9 Å². The minimum absolute atomic E-state index is 0.0390. The van der Waals surface area contributed by atoms with Crippen LogP contribution in [0.5, 0.6) is 0 Å². The van der Waals surface area contributed by atoms with Crippen molar-refractivity contribution in [3.63, 3.8) is 0 Å². The van der Waals surface area contributed by atoms with Gasteiger partial charge >= 0.3 is 0 Å². The second kappa shape index (κ2) is 11.4. The van der Waals surface area contributed by atoms with E-state index in [4.69, 9.17) is 32.7 Å². The van der Waals surface area contributed by atoms with E-state index in [0.717, 1.165) is 22.3 Å². The summed E-state index contributed by atoms with van der Waals surface area (Å²) in [5.74, 6) is -0.644. The number of aromatic nitrogens is 2. The lowest BCUT2D eigenvalue weighted by Gasteiger charge is -2.41. The van der Waals surface area contributed by atoms with Gasteiger partial charge in [0.05, 0.1) is 49.4 Å². The van der Waals surface area contributed by atoms with Crippen LogP contribution in [-0.4, -0.2) is 37.5 Å². The van der Waals surface area contributed by atoms with Gasteiger partial charge in [0.25, 0.3) is 11.8 Å². The molecule has 3 heterocycles. The molecule has 41 heavy (non-hydrogen) atoms. The van der Waals surface area contributed by atoms with E-state index in [2.05, 4.69) is 11.9 Å². The van der Waals surface area contributed by atoms with Crippen LogP contribution in [0, 0.1) is 5.92 Å². The maximum absolute atomic E-state index is 12.8. The van der Waals surface area contributed by atoms with Gasteiger partial charge in [0, 0.05) is 11.5 Å². The van der Waals surface area contributed by atoms with Gasteiger partial charge in [-0.25, -0.2) is 4.98 Å². The number of carbonyl (C=O) groups is 2. The number of fused-ring (bicyclic) bond motifs is 1. The second-order valence-corrected chi connectivity index (χ2v) is 11.0. The third-order valence-electron chi connectivity index (χ3n) is 7.70. The number of aliphatic hydroxyl groups excluding tert-OH is 1. The Morgan fingerprint density at radius 1 is 0.854 bits per heavy atom. The van der Waals surface area contributed by atoms with Crippen LogP contribution in [0.2, 0.25) is 10.3 Å². The van der Waals surface area contributed by atoms with Crippen molar-refractivity contribution in [3.8, 4) is 0 Å². The highest BCUT2D eigenvalue weighted by Gasteiger charge is 2.39. The Morgan fingerprint density at radius 2 is 1.46 bits per heavy atom. The van der Waals surface area contributed by atoms with Gasteiger partial charge in [-0.15, -0.1) is 0 Å². The molecule has 4 atom stereocenters. The van der Waals surface area contributed by atoms with E-state index in [-0.39, 0.29) is 48.2 Å². The van der Waals surface area contributed by atoms with Gasteiger partial charge in [0.1, 0.15) is 5.15 Å². The molecule has 2 aliphatic rings. The summed E-state index contributed by atoms with van der Waals surface area (Å²) in [4.78, 5) is 31.0. The number of halogens is 2. The van der Waals surface area contributed by atoms with Gasteiger partial charge in [-0.3, -0.25) is 14.5 Å². The molecule has 4 aromatic rings. The lowest BCUT2D eigenvalue weighted by Crippen LogP contribution is -2.39. The minimum atomic E-state index is -0.690. The summed E-state index contributed by atoms with van der Waals surface area (Å²) in [7, 11) is 0. The number of benzene rings is 3. The third-order valence-corrected chi connectivity index (χ3v) is 8.47. The van der Waals surface area contributed by atoms with Crippen molar-refractivity contribution in [2.24, 2.45) is 5.92 Å². The molecule has 2 amide bonds. The molecule has 1 saturated heterocycles. The summed E-state index contributed by atoms with van der Waals surface area (Å²) in [6, 6.07) is 22.0. The highest BCUT2D eigenvalue weighted by Crippen LogP contribution is 2.42. The molecule has 1 N–H and O–H groups in total. The van der Waals surface area contributed by atoms with Crippen LogP contribution in [-0.2, 0) is 29.2 Å². The molecular formula is C31H27Cl2N3O5. The van der Waals surface area contributed by atoms with E-state index in [1.54, 1.807) is 35.2 Å². The Morgan fingerprint density at radius 3 is 2.05 bits per heavy atom. The quantitative estimate of drug-likeness (QED) is 0.266. The van der Waals surface area contributed by atoms with E-state index in [0.29, 0.717) is 22.8 Å². The first-order valence-electron chi connectivity index (χ1n) is 13.2. The fourth-order valence-electron chi connectivity index (χ4n) is 5.34. The zero-order chi connectivity index (χ0) is 28.7. The smallest absolute Gasteiger partial charge is 0.261 e. The highest BCUT2D eigenvalue weighted by atomic mass is 35.5. The van der Waals surface area contributed by atoms with Gasteiger partial charge in [0.2, 0.25) is 0 Å². The van der Waals surface area contributed by atoms with Crippen molar-refractivity contribution in [2.75, 3.05) is 0 Å². The molecule has 8 nitrogen and oxygen atoms in total. The number of aliphatic hydroxyl groups is 1. The Labute approximate surface area is 247 Å². The van der Waals surface area contributed by atoms with E-state index >= 15 is 0 Å². The van der Waals surface area contributed by atoms with Crippen molar-refractivity contribution < 1.29 is 24.2 Å². The molecule has 2 aliphatic heterocycles. The lowest BCUT2D eigenvalue weighted by atomic mass is 9.90. The molecule has 210 valence electrons. The van der Waals surface area contributed by atoms with E-state index in [9.17, 15) is 14.7 Å². The number of carbonyl (C=O) groups excluding carboxylic acids is 2. The summed E-state index contributed by atoms with van der Waals surface area (Å²) in [5.41, 5.74) is 4.23. The maximum atomic E-state index is 12.8. The summed E-state index contributed by atoms with van der Waals surface area (Å²) < 4.78 is 14.7. The zero-order valence-corrected chi connectivity index (χ0v) is 23.6. The number of imidazole rings is 1. The first-order valence-corrected chi connectivity index (χ1v) is 14.0. The molecule has 1 fully saturated rings. The molecule has 0 radical (unpaired) electrons.